The largest absolute Gasteiger partial charge is 0.616 e. The quantitative estimate of drug-likeness (QED) is 0.519. The smallest absolute Gasteiger partial charge is 0.389 e. The van der Waals surface area contributed by atoms with E-state index >= 15 is 0 Å². The maximum absolute atomic E-state index is 11.7. The second-order valence-electron chi connectivity index (χ2n) is 2.62. The summed E-state index contributed by atoms with van der Waals surface area (Å²) in [6.45, 7) is 0.703. The number of hydrogen-bond acceptors (Lipinski definition) is 5. The first-order valence-corrected chi connectivity index (χ1v) is 8.73. The van der Waals surface area contributed by atoms with Gasteiger partial charge in [-0.05, 0) is 25.2 Å². The van der Waals surface area contributed by atoms with Gasteiger partial charge in [-0.15, -0.1) is 0 Å². The molecule has 0 N–H and O–H groups in total. The molecule has 0 heterocycles. The minimum atomic E-state index is -3.02. The van der Waals surface area contributed by atoms with Crippen molar-refractivity contribution in [3.05, 3.63) is 0 Å². The molecular weight excluding hydrogens is 243 g/mol. The molecule has 0 aromatic carbocycles. The highest BCUT2D eigenvalue weighted by Crippen LogP contribution is 2.61. The molecule has 0 rings (SSSR count). The summed E-state index contributed by atoms with van der Waals surface area (Å²) in [4.78, 5) is 0. The fourth-order valence-corrected chi connectivity index (χ4v) is 5.40. The molecule has 4 nitrogen and oxygen atoms in total. The molecule has 2 unspecified atom stereocenters. The van der Waals surface area contributed by atoms with Gasteiger partial charge in [0.05, 0.1) is 5.25 Å². The fraction of sp³-hybridized carbons (Fsp3) is 1.00. The van der Waals surface area contributed by atoms with Crippen LogP contribution in [0.4, 0.5) is 0 Å². The molecule has 0 radical (unpaired) electrons. The average Bonchev–Trinajstić information content (AvgIpc) is 2.17. The first-order valence-electron chi connectivity index (χ1n) is 4.22. The summed E-state index contributed by atoms with van der Waals surface area (Å²) < 4.78 is 32.4. The fourth-order valence-electron chi connectivity index (χ4n) is 0.791. The van der Waals surface area contributed by atoms with Crippen molar-refractivity contribution < 1.29 is 18.2 Å². The van der Waals surface area contributed by atoms with E-state index in [1.165, 1.54) is 14.2 Å². The minimum Gasteiger partial charge on any atom is -0.616 e. The van der Waals surface area contributed by atoms with E-state index in [0.717, 1.165) is 11.4 Å². The number of hydrogen-bond donors (Lipinski definition) is 0. The predicted octanol–water partition coefficient (Wildman–Crippen LogP) is 2.28. The normalized spacial score (nSPS) is 16.6. The molecule has 2 atom stereocenters. The molecule has 7 heteroatoms. The van der Waals surface area contributed by atoms with Crippen LogP contribution in [0.3, 0.4) is 0 Å². The van der Waals surface area contributed by atoms with Gasteiger partial charge in [0.25, 0.3) is 0 Å². The second-order valence-corrected chi connectivity index (χ2v) is 9.03. The summed E-state index contributed by atoms with van der Waals surface area (Å²) in [5.41, 5.74) is 0. The standard InChI is InChI=1S/C7H17O4PS2/c1-5-14(9)6-7(2)13-12(8,10-3)11-4/h7H,5-6H2,1-4H3. The summed E-state index contributed by atoms with van der Waals surface area (Å²) in [7, 11) is 2.70. The van der Waals surface area contributed by atoms with Crippen molar-refractivity contribution in [3.8, 4) is 0 Å². The van der Waals surface area contributed by atoms with E-state index in [4.69, 9.17) is 9.05 Å². The van der Waals surface area contributed by atoms with Crippen molar-refractivity contribution in [2.75, 3.05) is 25.7 Å². The molecule has 86 valence electrons. The van der Waals surface area contributed by atoms with Gasteiger partial charge in [-0.25, -0.2) is 4.57 Å². The Morgan fingerprint density at radius 3 is 2.36 bits per heavy atom. The van der Waals surface area contributed by atoms with Gasteiger partial charge < -0.3 is 13.6 Å². The van der Waals surface area contributed by atoms with Gasteiger partial charge in [-0.3, -0.25) is 0 Å². The molecule has 0 spiro atoms. The molecule has 0 aliphatic carbocycles. The van der Waals surface area contributed by atoms with Crippen LogP contribution in [0, 0.1) is 0 Å². The second kappa shape index (κ2) is 7.14. The van der Waals surface area contributed by atoms with Crippen LogP contribution in [-0.4, -0.2) is 35.5 Å². The van der Waals surface area contributed by atoms with Crippen molar-refractivity contribution in [2.24, 2.45) is 0 Å². The van der Waals surface area contributed by atoms with Crippen molar-refractivity contribution in [3.63, 3.8) is 0 Å². The Bertz CT molecular complexity index is 194. The highest BCUT2D eigenvalue weighted by Gasteiger charge is 2.27. The third kappa shape index (κ3) is 5.63. The van der Waals surface area contributed by atoms with E-state index in [-0.39, 0.29) is 5.25 Å². The van der Waals surface area contributed by atoms with E-state index < -0.39 is 18.0 Å². The van der Waals surface area contributed by atoms with Crippen LogP contribution in [0.5, 0.6) is 0 Å². The van der Waals surface area contributed by atoms with E-state index in [1.807, 2.05) is 13.8 Å². The molecule has 0 bridgehead atoms. The zero-order valence-electron chi connectivity index (χ0n) is 8.89. The van der Waals surface area contributed by atoms with Crippen molar-refractivity contribution >= 4 is 29.4 Å². The Kier molecular flexibility index (Phi) is 7.56. The molecule has 0 aromatic rings. The third-order valence-electron chi connectivity index (χ3n) is 1.50. The van der Waals surface area contributed by atoms with E-state index in [2.05, 4.69) is 0 Å². The first kappa shape index (κ1) is 14.8. The van der Waals surface area contributed by atoms with Gasteiger partial charge in [0.1, 0.15) is 11.5 Å². The number of rotatable bonds is 7. The van der Waals surface area contributed by atoms with Crippen LogP contribution >= 0.6 is 18.2 Å². The molecule has 0 fully saturated rings. The maximum Gasteiger partial charge on any atom is 0.389 e. The van der Waals surface area contributed by atoms with Crippen LogP contribution in [0.25, 0.3) is 0 Å². The van der Waals surface area contributed by atoms with Crippen molar-refractivity contribution in [2.45, 2.75) is 19.1 Å². The topological polar surface area (TPSA) is 58.6 Å². The van der Waals surface area contributed by atoms with Crippen molar-refractivity contribution in [1.29, 1.82) is 0 Å². The van der Waals surface area contributed by atoms with E-state index in [0.29, 0.717) is 11.5 Å². The molecule has 0 amide bonds. The Labute approximate surface area is 92.6 Å². The summed E-state index contributed by atoms with van der Waals surface area (Å²) in [5, 5.41) is 0.00140. The predicted molar refractivity (Wildman–Crippen MR) is 62.2 cm³/mol. The highest BCUT2D eigenvalue weighted by atomic mass is 32.7. The molecular formula is C7H17O4PS2. The van der Waals surface area contributed by atoms with Gasteiger partial charge >= 0.3 is 6.80 Å². The van der Waals surface area contributed by atoms with Gasteiger partial charge in [-0.2, -0.15) is 0 Å². The summed E-state index contributed by atoms with van der Waals surface area (Å²) in [5.74, 6) is 1.13. The van der Waals surface area contributed by atoms with Crippen LogP contribution in [0.2, 0.25) is 0 Å². The molecule has 0 saturated carbocycles. The van der Waals surface area contributed by atoms with E-state index in [1.54, 1.807) is 0 Å². The zero-order chi connectivity index (χ0) is 11.2. The molecule has 0 aliphatic heterocycles. The first-order chi connectivity index (χ1) is 6.47. The Hall–Kier alpha value is 0.810. The lowest BCUT2D eigenvalue weighted by molar-refractivity contribution is 0.295. The minimum absolute atomic E-state index is 0.00140. The van der Waals surface area contributed by atoms with E-state index in [9.17, 15) is 9.12 Å². The lowest BCUT2D eigenvalue weighted by Gasteiger charge is -2.18. The Morgan fingerprint density at radius 2 is 2.00 bits per heavy atom. The average molecular weight is 260 g/mol. The highest BCUT2D eigenvalue weighted by molar-refractivity contribution is 8.55. The summed E-state index contributed by atoms with van der Waals surface area (Å²) in [6, 6.07) is 0. The zero-order valence-corrected chi connectivity index (χ0v) is 11.4. The van der Waals surface area contributed by atoms with Gasteiger partial charge in [0, 0.05) is 14.2 Å². The van der Waals surface area contributed by atoms with Crippen LogP contribution in [0.1, 0.15) is 13.8 Å². The Balaban J connectivity index is 4.03. The lowest BCUT2D eigenvalue weighted by atomic mass is 10.6. The Morgan fingerprint density at radius 1 is 1.50 bits per heavy atom. The van der Waals surface area contributed by atoms with Crippen LogP contribution in [0.15, 0.2) is 0 Å². The van der Waals surface area contributed by atoms with Gasteiger partial charge in [-0.1, -0.05) is 11.2 Å². The van der Waals surface area contributed by atoms with Gasteiger partial charge in [0.15, 0.2) is 0 Å². The molecule has 0 saturated heterocycles. The molecule has 0 aromatic heterocycles. The maximum atomic E-state index is 11.7. The summed E-state index contributed by atoms with van der Waals surface area (Å²) in [6.07, 6.45) is 0. The molecule has 14 heavy (non-hydrogen) atoms. The van der Waals surface area contributed by atoms with Crippen LogP contribution < -0.4 is 0 Å². The summed E-state index contributed by atoms with van der Waals surface area (Å²) >= 11 is 0.260. The van der Waals surface area contributed by atoms with Crippen molar-refractivity contribution in [1.82, 2.24) is 0 Å². The lowest BCUT2D eigenvalue weighted by Crippen LogP contribution is -2.17. The third-order valence-corrected chi connectivity index (χ3v) is 7.65. The van der Waals surface area contributed by atoms with Crippen LogP contribution in [-0.2, 0) is 24.8 Å². The SMILES string of the molecule is CC[S+]([O-])CC(C)SP(=O)(OC)OC. The monoisotopic (exact) mass is 260 g/mol. The van der Waals surface area contributed by atoms with Gasteiger partial charge in [0.2, 0.25) is 0 Å². The molecule has 0 aliphatic rings.